The summed E-state index contributed by atoms with van der Waals surface area (Å²) in [4.78, 5) is 5.28. The van der Waals surface area contributed by atoms with Crippen molar-refractivity contribution in [2.45, 2.75) is 0 Å². The number of hydrogen-bond acceptors (Lipinski definition) is 4. The summed E-state index contributed by atoms with van der Waals surface area (Å²) in [5.41, 5.74) is 1.15. The first kappa shape index (κ1) is 12.1. The molecule has 0 radical (unpaired) electrons. The van der Waals surface area contributed by atoms with Crippen LogP contribution in [0.3, 0.4) is 0 Å². The first-order valence-corrected chi connectivity index (χ1v) is 6.75. The lowest BCUT2D eigenvalue weighted by Gasteiger charge is -2.06. The van der Waals surface area contributed by atoms with E-state index in [0.29, 0.717) is 0 Å². The van der Waals surface area contributed by atoms with Crippen molar-refractivity contribution >= 4 is 21.4 Å². The molecular weight excluding hydrogens is 258 g/mol. The summed E-state index contributed by atoms with van der Waals surface area (Å²) < 4.78 is 11.9. The Morgan fingerprint density at radius 3 is 2.79 bits per heavy atom. The fourth-order valence-electron chi connectivity index (χ4n) is 1.97. The normalized spacial score (nSPS) is 10.8. The molecule has 0 spiro atoms. The van der Waals surface area contributed by atoms with Crippen molar-refractivity contribution in [3.8, 4) is 16.2 Å². The Balaban J connectivity index is 2.17. The molecule has 0 unspecified atom stereocenters. The second kappa shape index (κ2) is 5.38. The number of thiophene rings is 1. The van der Waals surface area contributed by atoms with E-state index in [4.69, 9.17) is 9.47 Å². The maximum atomic E-state index is 5.75. The molecule has 0 aliphatic carbocycles. The molecule has 0 fully saturated rings. The average Bonchev–Trinajstić information content (AvgIpc) is 2.85. The Kier molecular flexibility index (Phi) is 3.44. The van der Waals surface area contributed by atoms with Crippen LogP contribution in [-0.2, 0) is 4.74 Å². The Labute approximate surface area is 115 Å². The first-order valence-electron chi connectivity index (χ1n) is 5.94. The van der Waals surface area contributed by atoms with E-state index in [1.807, 2.05) is 30.5 Å². The van der Waals surface area contributed by atoms with Crippen molar-refractivity contribution in [1.82, 2.24) is 4.98 Å². The van der Waals surface area contributed by atoms with Crippen molar-refractivity contribution in [3.05, 3.63) is 48.8 Å². The quantitative estimate of drug-likeness (QED) is 0.673. The molecule has 0 saturated heterocycles. The number of methoxy groups -OCH3 is 1. The fraction of sp³-hybridized carbons (Fsp3) is 0.133. The minimum absolute atomic E-state index is 0.244. The molecule has 3 rings (SSSR count). The van der Waals surface area contributed by atoms with Crippen LogP contribution in [0.2, 0.25) is 0 Å². The van der Waals surface area contributed by atoms with Gasteiger partial charge in [0.1, 0.15) is 5.75 Å². The molecule has 0 N–H and O–H groups in total. The highest BCUT2D eigenvalue weighted by atomic mass is 32.1. The van der Waals surface area contributed by atoms with Gasteiger partial charge in [0, 0.05) is 24.9 Å². The predicted octanol–water partition coefficient (Wildman–Crippen LogP) is 3.95. The van der Waals surface area contributed by atoms with Gasteiger partial charge in [0.15, 0.2) is 6.79 Å². The van der Waals surface area contributed by atoms with Crippen molar-refractivity contribution < 1.29 is 9.47 Å². The SMILES string of the molecule is COCOc1c(-c2ccccc2)sc2cnccc12. The maximum absolute atomic E-state index is 5.75. The number of fused-ring (bicyclic) bond motifs is 1. The van der Waals surface area contributed by atoms with Crippen molar-refractivity contribution in [2.75, 3.05) is 13.9 Å². The molecule has 3 aromatic rings. The van der Waals surface area contributed by atoms with E-state index in [1.54, 1.807) is 24.6 Å². The number of benzene rings is 1. The number of pyridine rings is 1. The zero-order valence-corrected chi connectivity index (χ0v) is 11.3. The third-order valence-electron chi connectivity index (χ3n) is 2.80. The summed E-state index contributed by atoms with van der Waals surface area (Å²) in [5.74, 6) is 0.871. The molecule has 0 aliphatic rings. The molecule has 0 aliphatic heterocycles. The molecule has 1 aromatic carbocycles. The summed E-state index contributed by atoms with van der Waals surface area (Å²) in [6, 6.07) is 12.2. The molecule has 96 valence electrons. The van der Waals surface area contributed by atoms with Crippen molar-refractivity contribution in [2.24, 2.45) is 0 Å². The van der Waals surface area contributed by atoms with E-state index < -0.39 is 0 Å². The molecule has 0 bridgehead atoms. The Hall–Kier alpha value is -1.91. The van der Waals surface area contributed by atoms with E-state index in [9.17, 15) is 0 Å². The number of ether oxygens (including phenoxy) is 2. The zero-order valence-electron chi connectivity index (χ0n) is 10.5. The molecule has 3 nitrogen and oxygen atoms in total. The monoisotopic (exact) mass is 271 g/mol. The first-order chi connectivity index (χ1) is 9.40. The molecule has 2 aromatic heterocycles. The Morgan fingerprint density at radius 1 is 1.16 bits per heavy atom. The van der Waals surface area contributed by atoms with Crippen LogP contribution in [0.25, 0.3) is 20.5 Å². The lowest BCUT2D eigenvalue weighted by molar-refractivity contribution is 0.0528. The van der Waals surface area contributed by atoms with E-state index in [-0.39, 0.29) is 6.79 Å². The standard InChI is InChI=1S/C15H13NO2S/c1-17-10-18-14-12-7-8-16-9-13(12)19-15(14)11-5-3-2-4-6-11/h2-9H,10H2,1H3. The predicted molar refractivity (Wildman–Crippen MR) is 77.6 cm³/mol. The number of aromatic nitrogens is 1. The molecule has 4 heteroatoms. The third kappa shape index (κ3) is 2.32. The second-order valence-corrected chi connectivity index (χ2v) is 5.10. The van der Waals surface area contributed by atoms with Crippen LogP contribution in [0.1, 0.15) is 0 Å². The topological polar surface area (TPSA) is 31.4 Å². The highest BCUT2D eigenvalue weighted by Crippen LogP contribution is 2.43. The lowest BCUT2D eigenvalue weighted by Crippen LogP contribution is -1.99. The zero-order chi connectivity index (χ0) is 13.1. The van der Waals surface area contributed by atoms with Crippen LogP contribution >= 0.6 is 11.3 Å². The van der Waals surface area contributed by atoms with Crippen LogP contribution < -0.4 is 4.74 Å². The van der Waals surface area contributed by atoms with Crippen LogP contribution in [0.4, 0.5) is 0 Å². The average molecular weight is 271 g/mol. The maximum Gasteiger partial charge on any atom is 0.188 e. The van der Waals surface area contributed by atoms with Crippen LogP contribution in [-0.4, -0.2) is 18.9 Å². The number of rotatable bonds is 4. The Bertz CT molecular complexity index is 679. The van der Waals surface area contributed by atoms with Crippen LogP contribution in [0, 0.1) is 0 Å². The summed E-state index contributed by atoms with van der Waals surface area (Å²) in [6.45, 7) is 0.244. The highest BCUT2D eigenvalue weighted by molar-refractivity contribution is 7.22. The van der Waals surface area contributed by atoms with Crippen molar-refractivity contribution in [1.29, 1.82) is 0 Å². The van der Waals surface area contributed by atoms with Crippen LogP contribution in [0.15, 0.2) is 48.8 Å². The van der Waals surface area contributed by atoms with E-state index in [1.165, 1.54) is 0 Å². The minimum atomic E-state index is 0.244. The van der Waals surface area contributed by atoms with Gasteiger partial charge in [-0.1, -0.05) is 30.3 Å². The molecule has 0 amide bonds. The minimum Gasteiger partial charge on any atom is -0.465 e. The van der Waals surface area contributed by atoms with Gasteiger partial charge >= 0.3 is 0 Å². The van der Waals surface area contributed by atoms with Crippen molar-refractivity contribution in [3.63, 3.8) is 0 Å². The van der Waals surface area contributed by atoms with Gasteiger partial charge in [0.25, 0.3) is 0 Å². The third-order valence-corrected chi connectivity index (χ3v) is 3.97. The summed E-state index contributed by atoms with van der Waals surface area (Å²) in [7, 11) is 1.62. The number of nitrogens with zero attached hydrogens (tertiary/aromatic N) is 1. The molecular formula is C15H13NO2S. The van der Waals surface area contributed by atoms with Gasteiger partial charge in [-0.05, 0) is 11.6 Å². The summed E-state index contributed by atoms with van der Waals surface area (Å²) in [5, 5.41) is 1.08. The largest absolute Gasteiger partial charge is 0.465 e. The highest BCUT2D eigenvalue weighted by Gasteiger charge is 2.14. The Morgan fingerprint density at radius 2 is 2.00 bits per heavy atom. The van der Waals surface area contributed by atoms with Gasteiger partial charge < -0.3 is 9.47 Å². The molecule has 0 atom stereocenters. The second-order valence-electron chi connectivity index (χ2n) is 4.05. The van der Waals surface area contributed by atoms with Gasteiger partial charge in [-0.2, -0.15) is 0 Å². The summed E-state index contributed by atoms with van der Waals surface area (Å²) >= 11 is 1.68. The fourth-order valence-corrected chi connectivity index (χ4v) is 3.09. The van der Waals surface area contributed by atoms with E-state index >= 15 is 0 Å². The summed E-state index contributed by atoms with van der Waals surface area (Å²) in [6.07, 6.45) is 3.65. The van der Waals surface area contributed by atoms with Gasteiger partial charge in [-0.15, -0.1) is 11.3 Å². The smallest absolute Gasteiger partial charge is 0.188 e. The number of hydrogen-bond donors (Lipinski definition) is 0. The molecule has 0 saturated carbocycles. The molecule has 19 heavy (non-hydrogen) atoms. The van der Waals surface area contributed by atoms with E-state index in [0.717, 1.165) is 26.3 Å². The molecule has 2 heterocycles. The van der Waals surface area contributed by atoms with Gasteiger partial charge in [-0.25, -0.2) is 0 Å². The van der Waals surface area contributed by atoms with Gasteiger partial charge in [0.2, 0.25) is 0 Å². The lowest BCUT2D eigenvalue weighted by atomic mass is 10.1. The van der Waals surface area contributed by atoms with Gasteiger partial charge in [0.05, 0.1) is 9.58 Å². The van der Waals surface area contributed by atoms with Crippen LogP contribution in [0.5, 0.6) is 5.75 Å². The van der Waals surface area contributed by atoms with E-state index in [2.05, 4.69) is 17.1 Å². The van der Waals surface area contributed by atoms with Gasteiger partial charge in [-0.3, -0.25) is 4.98 Å².